The number of aliphatic hydroxyl groups is 1. The Kier molecular flexibility index (Phi) is 3.83. The molecule has 0 saturated heterocycles. The number of carbonyl (C=O) groups excluding carboxylic acids is 1. The van der Waals surface area contributed by atoms with Gasteiger partial charge >= 0.3 is 0 Å². The molecule has 1 fully saturated rings. The molecule has 0 aliphatic heterocycles. The Labute approximate surface area is 137 Å². The first-order valence-electron chi connectivity index (χ1n) is 8.38. The summed E-state index contributed by atoms with van der Waals surface area (Å²) in [7, 11) is 1.73. The molecule has 1 aromatic rings. The van der Waals surface area contributed by atoms with E-state index in [2.05, 4.69) is 24.0 Å². The van der Waals surface area contributed by atoms with Crippen LogP contribution in [0.5, 0.6) is 0 Å². The van der Waals surface area contributed by atoms with Gasteiger partial charge in [-0.3, -0.25) is 9.79 Å². The van der Waals surface area contributed by atoms with Crippen molar-refractivity contribution in [3.63, 3.8) is 0 Å². The van der Waals surface area contributed by atoms with E-state index in [9.17, 15) is 9.90 Å². The minimum absolute atomic E-state index is 0.0494. The van der Waals surface area contributed by atoms with Crippen molar-refractivity contribution < 1.29 is 9.90 Å². The van der Waals surface area contributed by atoms with Crippen molar-refractivity contribution in [1.82, 2.24) is 0 Å². The quantitative estimate of drug-likeness (QED) is 0.618. The van der Waals surface area contributed by atoms with Crippen LogP contribution in [0, 0.1) is 5.92 Å². The van der Waals surface area contributed by atoms with Crippen LogP contribution in [0.2, 0.25) is 0 Å². The largest absolute Gasteiger partial charge is 0.398 e. The summed E-state index contributed by atoms with van der Waals surface area (Å²) in [4.78, 5) is 16.6. The van der Waals surface area contributed by atoms with E-state index in [-0.39, 0.29) is 11.2 Å². The molecule has 0 radical (unpaired) electrons. The molecule has 0 bridgehead atoms. The van der Waals surface area contributed by atoms with Crippen LogP contribution in [0.1, 0.15) is 56.2 Å². The lowest BCUT2D eigenvalue weighted by atomic mass is 9.59. The second-order valence-corrected chi connectivity index (χ2v) is 7.61. The van der Waals surface area contributed by atoms with Gasteiger partial charge in [0.1, 0.15) is 5.60 Å². The second kappa shape index (κ2) is 5.45. The van der Waals surface area contributed by atoms with Gasteiger partial charge in [-0.05, 0) is 61.8 Å². The molecule has 23 heavy (non-hydrogen) atoms. The van der Waals surface area contributed by atoms with Crippen molar-refractivity contribution in [1.29, 1.82) is 0 Å². The standard InChI is InChI=1S/C19H26N2O2/c1-18-10-17(22)19(2,23)9-14(18)6-4-5-12-8-16(20)13(11-21-3)7-15(12)18/h7-8,11,14,23H,4-6,9-10,20H2,1-3H3/t14-,18?,19+/m0/s1. The maximum absolute atomic E-state index is 12.5. The molecule has 2 aliphatic carbocycles. The molecule has 2 aliphatic rings. The zero-order chi connectivity index (χ0) is 16.8. The van der Waals surface area contributed by atoms with Gasteiger partial charge in [0.2, 0.25) is 0 Å². The molecule has 1 unspecified atom stereocenters. The lowest BCUT2D eigenvalue weighted by Crippen LogP contribution is -2.51. The first-order chi connectivity index (χ1) is 10.8. The monoisotopic (exact) mass is 314 g/mol. The number of hydrogen-bond acceptors (Lipinski definition) is 4. The third-order valence-electron chi connectivity index (χ3n) is 5.86. The summed E-state index contributed by atoms with van der Waals surface area (Å²) < 4.78 is 0. The smallest absolute Gasteiger partial charge is 0.164 e. The Hall–Kier alpha value is -1.68. The van der Waals surface area contributed by atoms with Gasteiger partial charge in [0.15, 0.2) is 5.78 Å². The number of rotatable bonds is 1. The van der Waals surface area contributed by atoms with Crippen molar-refractivity contribution in [3.8, 4) is 0 Å². The normalized spacial score (nSPS) is 34.1. The third-order valence-corrected chi connectivity index (χ3v) is 5.86. The Morgan fingerprint density at radius 3 is 2.83 bits per heavy atom. The molecule has 1 aromatic carbocycles. The lowest BCUT2D eigenvalue weighted by Gasteiger charge is -2.46. The van der Waals surface area contributed by atoms with Gasteiger partial charge in [-0.1, -0.05) is 6.92 Å². The van der Waals surface area contributed by atoms with E-state index in [1.54, 1.807) is 20.2 Å². The van der Waals surface area contributed by atoms with E-state index in [1.807, 2.05) is 0 Å². The highest BCUT2D eigenvalue weighted by Gasteiger charge is 2.51. The van der Waals surface area contributed by atoms with E-state index in [0.717, 1.165) is 30.5 Å². The van der Waals surface area contributed by atoms with Crippen LogP contribution in [0.3, 0.4) is 0 Å². The molecule has 0 heterocycles. The summed E-state index contributed by atoms with van der Waals surface area (Å²) in [6, 6.07) is 4.17. The van der Waals surface area contributed by atoms with Crippen molar-refractivity contribution in [2.45, 2.75) is 57.0 Å². The van der Waals surface area contributed by atoms with Gasteiger partial charge in [0.05, 0.1) is 0 Å². The van der Waals surface area contributed by atoms with Crippen molar-refractivity contribution >= 4 is 17.7 Å². The number of ketones is 1. The average molecular weight is 314 g/mol. The predicted molar refractivity (Wildman–Crippen MR) is 93.0 cm³/mol. The Morgan fingerprint density at radius 2 is 2.13 bits per heavy atom. The highest BCUT2D eigenvalue weighted by molar-refractivity contribution is 5.90. The first kappa shape index (κ1) is 16.2. The number of nitrogen functional groups attached to an aromatic ring is 1. The Bertz CT molecular complexity index is 678. The summed E-state index contributed by atoms with van der Waals surface area (Å²) in [6.07, 6.45) is 5.79. The highest BCUT2D eigenvalue weighted by atomic mass is 16.3. The van der Waals surface area contributed by atoms with Crippen LogP contribution in [0.25, 0.3) is 0 Å². The number of benzene rings is 1. The third kappa shape index (κ3) is 2.59. The molecule has 0 amide bonds. The summed E-state index contributed by atoms with van der Waals surface area (Å²) in [5.41, 5.74) is 8.87. The van der Waals surface area contributed by atoms with Gasteiger partial charge in [-0.2, -0.15) is 0 Å². The van der Waals surface area contributed by atoms with Crippen molar-refractivity contribution in [2.75, 3.05) is 12.8 Å². The zero-order valence-electron chi connectivity index (χ0n) is 14.2. The fraction of sp³-hybridized carbons (Fsp3) is 0.579. The van der Waals surface area contributed by atoms with Crippen molar-refractivity contribution in [2.24, 2.45) is 10.9 Å². The van der Waals surface area contributed by atoms with Gasteiger partial charge in [-0.25, -0.2) is 0 Å². The summed E-state index contributed by atoms with van der Waals surface area (Å²) >= 11 is 0. The van der Waals surface area contributed by atoms with E-state index in [1.165, 1.54) is 11.1 Å². The Balaban J connectivity index is 2.15. The van der Waals surface area contributed by atoms with Gasteiger partial charge in [0, 0.05) is 36.3 Å². The first-order valence-corrected chi connectivity index (χ1v) is 8.38. The summed E-state index contributed by atoms with van der Waals surface area (Å²) in [6.45, 7) is 3.84. The maximum Gasteiger partial charge on any atom is 0.164 e. The molecule has 124 valence electrons. The van der Waals surface area contributed by atoms with Gasteiger partial charge < -0.3 is 10.8 Å². The van der Waals surface area contributed by atoms with Crippen LogP contribution < -0.4 is 5.73 Å². The fourth-order valence-corrected chi connectivity index (χ4v) is 4.43. The molecular weight excluding hydrogens is 288 g/mol. The molecule has 0 spiro atoms. The highest BCUT2D eigenvalue weighted by Crippen LogP contribution is 2.50. The van der Waals surface area contributed by atoms with Crippen molar-refractivity contribution in [3.05, 3.63) is 28.8 Å². The molecule has 3 N–H and O–H groups in total. The fourth-order valence-electron chi connectivity index (χ4n) is 4.43. The number of Topliss-reactive ketones (excluding diaryl/α,β-unsaturated/α-hetero) is 1. The number of hydrogen-bond donors (Lipinski definition) is 2. The summed E-state index contributed by atoms with van der Waals surface area (Å²) in [5.74, 6) is 0.262. The zero-order valence-corrected chi connectivity index (χ0v) is 14.2. The second-order valence-electron chi connectivity index (χ2n) is 7.61. The number of fused-ring (bicyclic) bond motifs is 3. The van der Waals surface area contributed by atoms with Crippen LogP contribution in [0.15, 0.2) is 17.1 Å². The topological polar surface area (TPSA) is 75.7 Å². The molecule has 1 saturated carbocycles. The molecule has 3 atom stereocenters. The number of nitrogens with zero attached hydrogens (tertiary/aromatic N) is 1. The molecule has 4 heteroatoms. The van der Waals surface area contributed by atoms with E-state index >= 15 is 0 Å². The van der Waals surface area contributed by atoms with Gasteiger partial charge in [-0.15, -0.1) is 0 Å². The number of aliphatic imine (C=N–C) groups is 1. The van der Waals surface area contributed by atoms with Gasteiger partial charge in [0.25, 0.3) is 0 Å². The molecular formula is C19H26N2O2. The number of aryl methyl sites for hydroxylation is 1. The molecule has 3 rings (SSSR count). The van der Waals surface area contributed by atoms with E-state index in [0.29, 0.717) is 18.8 Å². The van der Waals surface area contributed by atoms with E-state index < -0.39 is 5.60 Å². The lowest BCUT2D eigenvalue weighted by molar-refractivity contribution is -0.145. The SMILES string of the molecule is CN=Cc1cc2c(cc1N)CCC[C@H]1C[C@@](C)(O)C(=O)CC21C. The maximum atomic E-state index is 12.5. The van der Waals surface area contributed by atoms with Crippen LogP contribution in [-0.4, -0.2) is 29.8 Å². The molecule has 4 nitrogen and oxygen atoms in total. The van der Waals surface area contributed by atoms with Crippen LogP contribution in [-0.2, 0) is 16.6 Å². The number of anilines is 1. The van der Waals surface area contributed by atoms with Crippen LogP contribution in [0.4, 0.5) is 5.69 Å². The molecule has 0 aromatic heterocycles. The minimum atomic E-state index is -1.18. The van der Waals surface area contributed by atoms with Crippen LogP contribution >= 0.6 is 0 Å². The summed E-state index contributed by atoms with van der Waals surface area (Å²) in [5, 5.41) is 10.4. The number of carbonyl (C=O) groups is 1. The minimum Gasteiger partial charge on any atom is -0.398 e. The predicted octanol–water partition coefficient (Wildman–Crippen LogP) is 2.64. The Morgan fingerprint density at radius 1 is 1.39 bits per heavy atom. The average Bonchev–Trinajstić information content (AvgIpc) is 2.58. The number of nitrogens with two attached hydrogens (primary N) is 1. The van der Waals surface area contributed by atoms with E-state index in [4.69, 9.17) is 5.73 Å².